The number of amides is 1. The van der Waals surface area contributed by atoms with Crippen molar-refractivity contribution >= 4 is 27.3 Å². The number of fused-ring (bicyclic) bond motifs is 1. The summed E-state index contributed by atoms with van der Waals surface area (Å²) in [6.07, 6.45) is 1.43. The van der Waals surface area contributed by atoms with Crippen LogP contribution in [0.4, 0.5) is 0 Å². The predicted molar refractivity (Wildman–Crippen MR) is 101 cm³/mol. The number of benzene rings is 1. The van der Waals surface area contributed by atoms with E-state index in [0.717, 1.165) is 12.0 Å². The summed E-state index contributed by atoms with van der Waals surface area (Å²) >= 11 is 1.67. The number of ether oxygens (including phenoxy) is 1. The Hall–Kier alpha value is -1.74. The molecule has 3 rings (SSSR count). The third-order valence-corrected chi connectivity index (χ3v) is 7.18. The molecule has 2 aromatic rings. The molecule has 0 aliphatic carbocycles. The van der Waals surface area contributed by atoms with E-state index in [1.54, 1.807) is 36.6 Å². The Labute approximate surface area is 157 Å². The molecule has 0 atom stereocenters. The molecule has 1 aromatic heterocycles. The number of methoxy groups -OCH3 is 1. The molecule has 0 fully saturated rings. The van der Waals surface area contributed by atoms with Gasteiger partial charge in [-0.2, -0.15) is 4.31 Å². The molecule has 8 heteroatoms. The molecule has 1 N–H and O–H groups in total. The van der Waals surface area contributed by atoms with E-state index < -0.39 is 10.0 Å². The SMILES string of the molecule is COCCCNC(=O)c1cccc(S(=O)(=O)N2CCc3sccc3C2)c1. The van der Waals surface area contributed by atoms with Gasteiger partial charge < -0.3 is 10.1 Å². The summed E-state index contributed by atoms with van der Waals surface area (Å²) in [5, 5.41) is 4.77. The smallest absolute Gasteiger partial charge is 0.251 e. The van der Waals surface area contributed by atoms with Gasteiger partial charge in [0.05, 0.1) is 4.90 Å². The van der Waals surface area contributed by atoms with Crippen LogP contribution in [0.2, 0.25) is 0 Å². The average molecular weight is 395 g/mol. The Balaban J connectivity index is 1.73. The molecule has 1 aliphatic rings. The zero-order valence-corrected chi connectivity index (χ0v) is 16.2. The summed E-state index contributed by atoms with van der Waals surface area (Å²) in [7, 11) is -2.02. The van der Waals surface area contributed by atoms with Gasteiger partial charge in [0.15, 0.2) is 0 Å². The minimum atomic E-state index is -3.63. The number of carbonyl (C=O) groups excluding carboxylic acids is 1. The minimum absolute atomic E-state index is 0.153. The van der Waals surface area contributed by atoms with Gasteiger partial charge in [-0.05, 0) is 48.1 Å². The fourth-order valence-corrected chi connectivity index (χ4v) is 5.25. The monoisotopic (exact) mass is 394 g/mol. The van der Waals surface area contributed by atoms with Crippen LogP contribution in [0.5, 0.6) is 0 Å². The molecule has 1 amide bonds. The molecule has 0 saturated heterocycles. The second-order valence-electron chi connectivity index (χ2n) is 6.09. The Bertz CT molecular complexity index is 877. The Morgan fingerprint density at radius 2 is 2.19 bits per heavy atom. The molecule has 0 bridgehead atoms. The van der Waals surface area contributed by atoms with Gasteiger partial charge in [0.2, 0.25) is 10.0 Å². The maximum atomic E-state index is 13.0. The molecule has 6 nitrogen and oxygen atoms in total. The molecule has 1 aromatic carbocycles. The van der Waals surface area contributed by atoms with Crippen LogP contribution in [0.1, 0.15) is 27.2 Å². The number of carbonyl (C=O) groups is 1. The van der Waals surface area contributed by atoms with Crippen LogP contribution >= 0.6 is 11.3 Å². The van der Waals surface area contributed by atoms with Crippen LogP contribution in [0.15, 0.2) is 40.6 Å². The van der Waals surface area contributed by atoms with E-state index in [4.69, 9.17) is 4.74 Å². The number of sulfonamides is 1. The van der Waals surface area contributed by atoms with E-state index in [-0.39, 0.29) is 10.8 Å². The van der Waals surface area contributed by atoms with Crippen LogP contribution in [0.25, 0.3) is 0 Å². The van der Waals surface area contributed by atoms with Crippen molar-refractivity contribution in [2.75, 3.05) is 26.8 Å². The van der Waals surface area contributed by atoms with Crippen molar-refractivity contribution in [3.63, 3.8) is 0 Å². The topological polar surface area (TPSA) is 75.7 Å². The van der Waals surface area contributed by atoms with Crippen LogP contribution < -0.4 is 5.32 Å². The van der Waals surface area contributed by atoms with E-state index >= 15 is 0 Å². The standard InChI is InChI=1S/C18H22N2O4S2/c1-24-10-3-8-19-18(21)14-4-2-5-16(12-14)26(22,23)20-9-6-17-15(13-20)7-11-25-17/h2,4-5,7,11-12H,3,6,8-10,13H2,1H3,(H,19,21). The second kappa shape index (κ2) is 8.30. The molecule has 1 aliphatic heterocycles. The first-order valence-electron chi connectivity index (χ1n) is 8.45. The summed E-state index contributed by atoms with van der Waals surface area (Å²) in [4.78, 5) is 13.6. The molecule has 0 saturated carbocycles. The summed E-state index contributed by atoms with van der Waals surface area (Å²) in [6.45, 7) is 1.89. The zero-order valence-electron chi connectivity index (χ0n) is 14.6. The highest BCUT2D eigenvalue weighted by Crippen LogP contribution is 2.28. The third kappa shape index (κ3) is 4.15. The van der Waals surface area contributed by atoms with Gasteiger partial charge in [-0.15, -0.1) is 11.3 Å². The van der Waals surface area contributed by atoms with Crippen molar-refractivity contribution in [2.45, 2.75) is 24.3 Å². The summed E-state index contributed by atoms with van der Waals surface area (Å²) in [6, 6.07) is 8.20. The van der Waals surface area contributed by atoms with Crippen molar-refractivity contribution in [3.8, 4) is 0 Å². The Morgan fingerprint density at radius 3 is 3.00 bits per heavy atom. The number of thiophene rings is 1. The molecule has 0 unspecified atom stereocenters. The third-order valence-electron chi connectivity index (χ3n) is 4.32. The molecule has 140 valence electrons. The number of nitrogens with one attached hydrogen (secondary N) is 1. The minimum Gasteiger partial charge on any atom is -0.385 e. The first kappa shape index (κ1) is 19.0. The molecular weight excluding hydrogens is 372 g/mol. The van der Waals surface area contributed by atoms with Crippen LogP contribution in [0, 0.1) is 0 Å². The normalized spacial score (nSPS) is 14.8. The van der Waals surface area contributed by atoms with Gasteiger partial charge >= 0.3 is 0 Å². The molecule has 0 radical (unpaired) electrons. The number of rotatable bonds is 7. The lowest BCUT2D eigenvalue weighted by atomic mass is 10.1. The molecular formula is C18H22N2O4S2. The van der Waals surface area contributed by atoms with Crippen molar-refractivity contribution in [3.05, 3.63) is 51.7 Å². The van der Waals surface area contributed by atoms with Crippen molar-refractivity contribution in [1.29, 1.82) is 0 Å². The van der Waals surface area contributed by atoms with Crippen molar-refractivity contribution < 1.29 is 17.9 Å². The summed E-state index contributed by atoms with van der Waals surface area (Å²) in [5.74, 6) is -0.281. The van der Waals surface area contributed by atoms with Gasteiger partial charge in [0.1, 0.15) is 0 Å². The highest BCUT2D eigenvalue weighted by atomic mass is 32.2. The van der Waals surface area contributed by atoms with Gasteiger partial charge in [-0.1, -0.05) is 6.07 Å². The van der Waals surface area contributed by atoms with E-state index in [2.05, 4.69) is 5.32 Å². The summed E-state index contributed by atoms with van der Waals surface area (Å²) in [5.41, 5.74) is 1.41. The lowest BCUT2D eigenvalue weighted by molar-refractivity contribution is 0.0948. The van der Waals surface area contributed by atoms with Crippen LogP contribution in [0.3, 0.4) is 0 Å². The maximum absolute atomic E-state index is 13.0. The number of hydrogen-bond acceptors (Lipinski definition) is 5. The maximum Gasteiger partial charge on any atom is 0.251 e. The largest absolute Gasteiger partial charge is 0.385 e. The van der Waals surface area contributed by atoms with Gasteiger partial charge in [0.25, 0.3) is 5.91 Å². The second-order valence-corrected chi connectivity index (χ2v) is 9.03. The lowest BCUT2D eigenvalue weighted by Gasteiger charge is -2.26. The van der Waals surface area contributed by atoms with E-state index in [9.17, 15) is 13.2 Å². The van der Waals surface area contributed by atoms with Crippen LogP contribution in [-0.2, 0) is 27.7 Å². The van der Waals surface area contributed by atoms with Crippen LogP contribution in [-0.4, -0.2) is 45.4 Å². The quantitative estimate of drug-likeness (QED) is 0.731. The Morgan fingerprint density at radius 1 is 1.35 bits per heavy atom. The van der Waals surface area contributed by atoms with Crippen molar-refractivity contribution in [2.24, 2.45) is 0 Å². The fourth-order valence-electron chi connectivity index (χ4n) is 2.90. The van der Waals surface area contributed by atoms with Gasteiger partial charge in [-0.25, -0.2) is 8.42 Å². The number of hydrogen-bond donors (Lipinski definition) is 1. The number of nitrogens with zero attached hydrogens (tertiary/aromatic N) is 1. The predicted octanol–water partition coefficient (Wildman–Crippen LogP) is 2.26. The fraction of sp³-hybridized carbons (Fsp3) is 0.389. The first-order valence-corrected chi connectivity index (χ1v) is 10.8. The Kier molecular flexibility index (Phi) is 6.08. The van der Waals surface area contributed by atoms with Crippen molar-refractivity contribution in [1.82, 2.24) is 9.62 Å². The average Bonchev–Trinajstić information content (AvgIpc) is 3.13. The van der Waals surface area contributed by atoms with E-state index in [1.807, 2.05) is 11.4 Å². The molecule has 2 heterocycles. The van der Waals surface area contributed by atoms with Gasteiger partial charge in [0, 0.05) is 43.8 Å². The molecule has 26 heavy (non-hydrogen) atoms. The van der Waals surface area contributed by atoms with E-state index in [0.29, 0.717) is 38.2 Å². The van der Waals surface area contributed by atoms with Gasteiger partial charge in [-0.3, -0.25) is 4.79 Å². The summed E-state index contributed by atoms with van der Waals surface area (Å²) < 4.78 is 32.4. The lowest BCUT2D eigenvalue weighted by Crippen LogP contribution is -2.35. The first-order chi connectivity index (χ1) is 12.5. The highest BCUT2D eigenvalue weighted by molar-refractivity contribution is 7.89. The highest BCUT2D eigenvalue weighted by Gasteiger charge is 2.29. The zero-order chi connectivity index (χ0) is 18.6. The molecule has 0 spiro atoms. The van der Waals surface area contributed by atoms with E-state index in [1.165, 1.54) is 15.2 Å².